The van der Waals surface area contributed by atoms with Crippen LogP contribution >= 0.6 is 0 Å². The van der Waals surface area contributed by atoms with Crippen LogP contribution in [0.5, 0.6) is 0 Å². The van der Waals surface area contributed by atoms with Gasteiger partial charge in [-0.1, -0.05) is 6.42 Å². The zero-order chi connectivity index (χ0) is 8.67. The molecule has 0 radical (unpaired) electrons. The van der Waals surface area contributed by atoms with Gasteiger partial charge in [-0.25, -0.2) is 4.98 Å². The highest BCUT2D eigenvalue weighted by molar-refractivity contribution is 5.43. The number of hydrogen-bond acceptors (Lipinski definition) is 2. The second kappa shape index (κ2) is 2.55. The van der Waals surface area contributed by atoms with Gasteiger partial charge in [-0.15, -0.1) is 0 Å². The Morgan fingerprint density at radius 2 is 2.23 bits per heavy atom. The molecular weight excluding hydrogens is 162 g/mol. The van der Waals surface area contributed by atoms with Crippen molar-refractivity contribution < 1.29 is 0 Å². The molecule has 2 heterocycles. The van der Waals surface area contributed by atoms with E-state index in [1.54, 1.807) is 0 Å². The zero-order valence-electron chi connectivity index (χ0n) is 7.35. The third-order valence-corrected chi connectivity index (χ3v) is 2.83. The Labute approximate surface area is 76.4 Å². The first-order valence-corrected chi connectivity index (χ1v) is 4.72. The highest BCUT2D eigenvalue weighted by Crippen LogP contribution is 2.35. The van der Waals surface area contributed by atoms with Gasteiger partial charge in [-0.05, 0) is 12.8 Å². The van der Waals surface area contributed by atoms with Crippen LogP contribution in [0.1, 0.15) is 31.0 Å². The van der Waals surface area contributed by atoms with Crippen molar-refractivity contribution in [1.82, 2.24) is 14.4 Å². The quantitative estimate of drug-likeness (QED) is 0.660. The van der Waals surface area contributed by atoms with Crippen molar-refractivity contribution in [2.24, 2.45) is 0 Å². The van der Waals surface area contributed by atoms with E-state index in [2.05, 4.69) is 14.4 Å². The van der Waals surface area contributed by atoms with Crippen molar-refractivity contribution in [2.75, 3.05) is 0 Å². The van der Waals surface area contributed by atoms with E-state index in [0.717, 1.165) is 5.52 Å². The highest BCUT2D eigenvalue weighted by Gasteiger charge is 2.23. The minimum Gasteiger partial charge on any atom is -0.300 e. The zero-order valence-corrected chi connectivity index (χ0v) is 7.35. The van der Waals surface area contributed by atoms with Crippen molar-refractivity contribution in [3.63, 3.8) is 0 Å². The Hall–Kier alpha value is -1.38. The van der Waals surface area contributed by atoms with Crippen molar-refractivity contribution in [3.05, 3.63) is 30.6 Å². The lowest BCUT2D eigenvalue weighted by Gasteiger charge is -2.23. The summed E-state index contributed by atoms with van der Waals surface area (Å²) in [5.41, 5.74) is 1.10. The van der Waals surface area contributed by atoms with E-state index < -0.39 is 0 Å². The van der Waals surface area contributed by atoms with Gasteiger partial charge in [0.1, 0.15) is 5.82 Å². The molecule has 2 aromatic heterocycles. The minimum absolute atomic E-state index is 0.685. The van der Waals surface area contributed by atoms with Gasteiger partial charge in [-0.2, -0.15) is 0 Å². The number of nitrogens with zero attached hydrogens (tertiary/aromatic N) is 3. The van der Waals surface area contributed by atoms with Crippen LogP contribution in [-0.4, -0.2) is 14.4 Å². The molecule has 1 aliphatic carbocycles. The highest BCUT2D eigenvalue weighted by atomic mass is 15.0. The second-order valence-electron chi connectivity index (χ2n) is 3.62. The van der Waals surface area contributed by atoms with Crippen molar-refractivity contribution in [3.8, 4) is 0 Å². The summed E-state index contributed by atoms with van der Waals surface area (Å²) in [6.45, 7) is 0. The Bertz CT molecular complexity index is 428. The second-order valence-corrected chi connectivity index (χ2v) is 3.62. The van der Waals surface area contributed by atoms with Gasteiger partial charge in [-0.3, -0.25) is 4.98 Å². The first-order chi connectivity index (χ1) is 6.45. The summed E-state index contributed by atoms with van der Waals surface area (Å²) in [7, 11) is 0. The largest absolute Gasteiger partial charge is 0.300 e. The van der Waals surface area contributed by atoms with Crippen LogP contribution in [-0.2, 0) is 0 Å². The molecule has 0 bridgehead atoms. The van der Waals surface area contributed by atoms with Crippen LogP contribution in [0, 0.1) is 0 Å². The summed E-state index contributed by atoms with van der Waals surface area (Å²) in [6, 6.07) is 0. The van der Waals surface area contributed by atoms with E-state index in [1.165, 1.54) is 25.1 Å². The fourth-order valence-electron chi connectivity index (χ4n) is 1.84. The third kappa shape index (κ3) is 0.963. The minimum atomic E-state index is 0.685. The topological polar surface area (TPSA) is 30.2 Å². The molecule has 0 aliphatic heterocycles. The van der Waals surface area contributed by atoms with E-state index in [1.807, 2.05) is 24.8 Å². The molecule has 0 saturated heterocycles. The predicted molar refractivity (Wildman–Crippen MR) is 49.6 cm³/mol. The number of rotatable bonds is 1. The number of hydrogen-bond donors (Lipinski definition) is 0. The molecule has 66 valence electrons. The molecule has 2 aromatic rings. The molecular formula is C10H11N3. The molecule has 0 atom stereocenters. The molecule has 1 saturated carbocycles. The van der Waals surface area contributed by atoms with E-state index in [-0.39, 0.29) is 0 Å². The molecule has 1 aliphatic rings. The average Bonchev–Trinajstić information content (AvgIpc) is 2.47. The number of imidazole rings is 1. The van der Waals surface area contributed by atoms with Crippen LogP contribution in [0.4, 0.5) is 0 Å². The SMILES string of the molecule is c1cn2c(C3CCC3)ncc2cn1. The smallest absolute Gasteiger partial charge is 0.116 e. The van der Waals surface area contributed by atoms with Crippen LogP contribution in [0.25, 0.3) is 5.52 Å². The van der Waals surface area contributed by atoms with Crippen LogP contribution in [0.2, 0.25) is 0 Å². The lowest BCUT2D eigenvalue weighted by atomic mass is 9.85. The summed E-state index contributed by atoms with van der Waals surface area (Å²) < 4.78 is 2.15. The van der Waals surface area contributed by atoms with Gasteiger partial charge in [0, 0.05) is 18.3 Å². The molecule has 0 aromatic carbocycles. The summed E-state index contributed by atoms with van der Waals surface area (Å²) >= 11 is 0. The Kier molecular flexibility index (Phi) is 1.39. The fourth-order valence-corrected chi connectivity index (χ4v) is 1.84. The molecule has 3 heteroatoms. The van der Waals surface area contributed by atoms with Gasteiger partial charge < -0.3 is 4.40 Å². The molecule has 0 N–H and O–H groups in total. The normalized spacial score (nSPS) is 17.5. The van der Waals surface area contributed by atoms with Crippen molar-refractivity contribution in [2.45, 2.75) is 25.2 Å². The van der Waals surface area contributed by atoms with Gasteiger partial charge in [0.2, 0.25) is 0 Å². The molecule has 1 fully saturated rings. The lowest BCUT2D eigenvalue weighted by Crippen LogP contribution is -2.12. The Morgan fingerprint density at radius 3 is 3.00 bits per heavy atom. The molecule has 3 nitrogen and oxygen atoms in total. The summed E-state index contributed by atoms with van der Waals surface area (Å²) in [4.78, 5) is 8.51. The third-order valence-electron chi connectivity index (χ3n) is 2.83. The lowest BCUT2D eigenvalue weighted by molar-refractivity contribution is 0.400. The van der Waals surface area contributed by atoms with Gasteiger partial charge >= 0.3 is 0 Å². The van der Waals surface area contributed by atoms with Crippen LogP contribution in [0.15, 0.2) is 24.8 Å². The molecule has 13 heavy (non-hydrogen) atoms. The van der Waals surface area contributed by atoms with Gasteiger partial charge in [0.25, 0.3) is 0 Å². The standard InChI is InChI=1S/C10H11N3/c1-2-8(3-1)10-12-7-9-6-11-4-5-13(9)10/h4-8H,1-3H2. The molecule has 0 spiro atoms. The molecule has 0 amide bonds. The maximum absolute atomic E-state index is 4.44. The van der Waals surface area contributed by atoms with Crippen LogP contribution in [0.3, 0.4) is 0 Å². The van der Waals surface area contributed by atoms with Crippen molar-refractivity contribution >= 4 is 5.52 Å². The summed E-state index contributed by atoms with van der Waals surface area (Å²) in [5, 5.41) is 0. The van der Waals surface area contributed by atoms with E-state index in [9.17, 15) is 0 Å². The van der Waals surface area contributed by atoms with E-state index in [0.29, 0.717) is 5.92 Å². The average molecular weight is 173 g/mol. The maximum Gasteiger partial charge on any atom is 0.116 e. The molecule has 0 unspecified atom stereocenters. The summed E-state index contributed by atoms with van der Waals surface area (Å²) in [6.07, 6.45) is 11.5. The number of fused-ring (bicyclic) bond motifs is 1. The first kappa shape index (κ1) is 7.06. The Balaban J connectivity index is 2.17. The fraction of sp³-hybridized carbons (Fsp3) is 0.400. The van der Waals surface area contributed by atoms with Crippen molar-refractivity contribution in [1.29, 1.82) is 0 Å². The van der Waals surface area contributed by atoms with E-state index in [4.69, 9.17) is 0 Å². The van der Waals surface area contributed by atoms with Gasteiger partial charge in [0.15, 0.2) is 0 Å². The summed E-state index contributed by atoms with van der Waals surface area (Å²) in [5.74, 6) is 1.90. The predicted octanol–water partition coefficient (Wildman–Crippen LogP) is 2.00. The molecule has 3 rings (SSSR count). The Morgan fingerprint density at radius 1 is 1.31 bits per heavy atom. The first-order valence-electron chi connectivity index (χ1n) is 4.72. The van der Waals surface area contributed by atoms with E-state index >= 15 is 0 Å². The van der Waals surface area contributed by atoms with Crippen LogP contribution < -0.4 is 0 Å². The van der Waals surface area contributed by atoms with Gasteiger partial charge in [0.05, 0.1) is 17.9 Å². The number of aromatic nitrogens is 3. The monoisotopic (exact) mass is 173 g/mol. The maximum atomic E-state index is 4.44.